The smallest absolute Gasteiger partial charge is 0.322 e. The molecule has 6 aromatic rings. The van der Waals surface area contributed by atoms with E-state index in [1.165, 1.54) is 0 Å². The number of aromatic nitrogens is 3. The molecule has 0 spiro atoms. The molecule has 2 N–H and O–H groups in total. The summed E-state index contributed by atoms with van der Waals surface area (Å²) >= 11 is 6.11. The number of aryl methyl sites for hydroxylation is 1. The molecule has 0 unspecified atom stereocenters. The number of aliphatic imine (C=N–C) groups is 1. The second-order valence-corrected chi connectivity index (χ2v) is 8.35. The van der Waals surface area contributed by atoms with E-state index in [1.807, 2.05) is 55.5 Å². The SMILES string of the molecule is Cc1[nH]c2ccccc2c1/C=N/c1nc(-c2c(-c3ccc(Cl)cc3)[nH]c3ccccc23)co1. The van der Waals surface area contributed by atoms with Crippen LogP contribution in [0.25, 0.3) is 44.3 Å². The molecule has 0 fully saturated rings. The predicted molar refractivity (Wildman–Crippen MR) is 135 cm³/mol. The maximum atomic E-state index is 6.11. The molecule has 0 bridgehead atoms. The molecule has 5 nitrogen and oxygen atoms in total. The van der Waals surface area contributed by atoms with E-state index >= 15 is 0 Å². The number of rotatable bonds is 4. The molecule has 0 aliphatic carbocycles. The van der Waals surface area contributed by atoms with Crippen molar-refractivity contribution in [3.8, 4) is 22.5 Å². The number of aromatic amines is 2. The number of fused-ring (bicyclic) bond motifs is 2. The molecule has 3 heterocycles. The van der Waals surface area contributed by atoms with Crippen molar-refractivity contribution >= 4 is 45.6 Å². The summed E-state index contributed by atoms with van der Waals surface area (Å²) in [5, 5.41) is 2.88. The van der Waals surface area contributed by atoms with Crippen molar-refractivity contribution in [2.24, 2.45) is 4.99 Å². The molecule has 0 amide bonds. The summed E-state index contributed by atoms with van der Waals surface area (Å²) in [6.07, 6.45) is 3.46. The molecule has 0 saturated carbocycles. The lowest BCUT2D eigenvalue weighted by Crippen LogP contribution is -1.84. The van der Waals surface area contributed by atoms with Crippen molar-refractivity contribution < 1.29 is 4.42 Å². The molecular formula is C27H19ClN4O. The van der Waals surface area contributed by atoms with Gasteiger partial charge in [0.25, 0.3) is 0 Å². The summed E-state index contributed by atoms with van der Waals surface area (Å²) in [5.74, 6) is 0. The van der Waals surface area contributed by atoms with Crippen LogP contribution >= 0.6 is 11.6 Å². The van der Waals surface area contributed by atoms with Gasteiger partial charge in [-0.15, -0.1) is 0 Å². The van der Waals surface area contributed by atoms with Crippen LogP contribution in [0.15, 0.2) is 88.5 Å². The first-order valence-corrected chi connectivity index (χ1v) is 11.0. The van der Waals surface area contributed by atoms with Crippen LogP contribution in [0.4, 0.5) is 6.01 Å². The van der Waals surface area contributed by atoms with E-state index in [2.05, 4.69) is 39.2 Å². The molecule has 0 aliphatic rings. The summed E-state index contributed by atoms with van der Waals surface area (Å²) in [4.78, 5) is 16.1. The monoisotopic (exact) mass is 450 g/mol. The summed E-state index contributed by atoms with van der Waals surface area (Å²) in [6.45, 7) is 2.03. The van der Waals surface area contributed by atoms with E-state index in [4.69, 9.17) is 21.0 Å². The fourth-order valence-electron chi connectivity index (χ4n) is 4.26. The van der Waals surface area contributed by atoms with Gasteiger partial charge < -0.3 is 14.4 Å². The van der Waals surface area contributed by atoms with Crippen LogP contribution in [0.2, 0.25) is 5.02 Å². The van der Waals surface area contributed by atoms with E-state index < -0.39 is 0 Å². The van der Waals surface area contributed by atoms with Crippen LogP contribution in [0.5, 0.6) is 0 Å². The van der Waals surface area contributed by atoms with Gasteiger partial charge >= 0.3 is 6.01 Å². The summed E-state index contributed by atoms with van der Waals surface area (Å²) < 4.78 is 5.74. The molecule has 0 saturated heterocycles. The van der Waals surface area contributed by atoms with Crippen molar-refractivity contribution in [1.29, 1.82) is 0 Å². The molecule has 33 heavy (non-hydrogen) atoms. The number of nitrogens with zero attached hydrogens (tertiary/aromatic N) is 2. The molecule has 0 aliphatic heterocycles. The van der Waals surface area contributed by atoms with Crippen molar-refractivity contribution in [3.63, 3.8) is 0 Å². The summed E-state index contributed by atoms with van der Waals surface area (Å²) in [6, 6.07) is 24.4. The minimum atomic E-state index is 0.307. The van der Waals surface area contributed by atoms with Crippen molar-refractivity contribution in [3.05, 3.63) is 95.3 Å². The third-order valence-corrected chi connectivity index (χ3v) is 6.09. The third-order valence-electron chi connectivity index (χ3n) is 5.83. The standard InChI is InChI=1S/C27H19ClN4O/c1-16-21(19-6-2-4-8-22(19)30-16)14-29-27-32-24(15-33-27)25-20-7-3-5-9-23(20)31-26(25)17-10-12-18(28)13-11-17/h2-15,30-31H,1H3/b29-14+. The van der Waals surface area contributed by atoms with E-state index in [-0.39, 0.29) is 0 Å². The molecule has 3 aromatic heterocycles. The first-order valence-electron chi connectivity index (χ1n) is 10.6. The number of halogens is 1. The molecule has 0 radical (unpaired) electrons. The van der Waals surface area contributed by atoms with E-state index in [0.717, 1.165) is 55.6 Å². The highest BCUT2D eigenvalue weighted by Gasteiger charge is 2.18. The van der Waals surface area contributed by atoms with Crippen LogP contribution in [-0.2, 0) is 0 Å². The fourth-order valence-corrected chi connectivity index (χ4v) is 4.39. The Labute approximate surface area is 194 Å². The van der Waals surface area contributed by atoms with E-state index in [1.54, 1.807) is 12.5 Å². The highest BCUT2D eigenvalue weighted by Crippen LogP contribution is 2.38. The maximum Gasteiger partial charge on any atom is 0.322 e. The zero-order chi connectivity index (χ0) is 22.4. The molecule has 0 atom stereocenters. The average Bonchev–Trinajstić information content (AvgIpc) is 3.52. The van der Waals surface area contributed by atoms with Gasteiger partial charge in [-0.05, 0) is 36.8 Å². The minimum absolute atomic E-state index is 0.307. The van der Waals surface area contributed by atoms with Crippen LogP contribution in [0.1, 0.15) is 11.3 Å². The third kappa shape index (κ3) is 3.43. The average molecular weight is 451 g/mol. The van der Waals surface area contributed by atoms with Crippen LogP contribution in [0.3, 0.4) is 0 Å². The molecule has 6 rings (SSSR count). The number of para-hydroxylation sites is 2. The highest BCUT2D eigenvalue weighted by molar-refractivity contribution is 6.30. The van der Waals surface area contributed by atoms with E-state index in [0.29, 0.717) is 11.0 Å². The number of hydrogen-bond acceptors (Lipinski definition) is 3. The lowest BCUT2D eigenvalue weighted by molar-refractivity contribution is 0.570. The zero-order valence-corrected chi connectivity index (χ0v) is 18.5. The number of benzene rings is 3. The van der Waals surface area contributed by atoms with Gasteiger partial charge in [-0.1, -0.05) is 60.1 Å². The lowest BCUT2D eigenvalue weighted by Gasteiger charge is -2.02. The Kier molecular flexibility index (Phi) is 4.63. The van der Waals surface area contributed by atoms with Gasteiger partial charge in [-0.2, -0.15) is 4.98 Å². The Bertz CT molecular complexity index is 1640. The van der Waals surface area contributed by atoms with Crippen molar-refractivity contribution in [1.82, 2.24) is 15.0 Å². The van der Waals surface area contributed by atoms with E-state index in [9.17, 15) is 0 Å². The highest BCUT2D eigenvalue weighted by atomic mass is 35.5. The number of nitrogens with one attached hydrogen (secondary N) is 2. The van der Waals surface area contributed by atoms with Gasteiger partial charge in [0.1, 0.15) is 12.0 Å². The van der Waals surface area contributed by atoms with Gasteiger partial charge in [0.2, 0.25) is 0 Å². The first-order chi connectivity index (χ1) is 16.2. The lowest BCUT2D eigenvalue weighted by atomic mass is 10.0. The van der Waals surface area contributed by atoms with Crippen LogP contribution in [0, 0.1) is 6.92 Å². The number of oxazole rings is 1. The quantitative estimate of drug-likeness (QED) is 0.270. The van der Waals surface area contributed by atoms with Gasteiger partial charge in [0.05, 0.1) is 5.69 Å². The summed E-state index contributed by atoms with van der Waals surface area (Å²) in [5.41, 5.74) is 7.86. The largest absolute Gasteiger partial charge is 0.430 e. The Morgan fingerprint density at radius 1 is 0.879 bits per heavy atom. The van der Waals surface area contributed by atoms with Gasteiger partial charge in [0.15, 0.2) is 0 Å². The first kappa shape index (κ1) is 19.6. The van der Waals surface area contributed by atoms with Gasteiger partial charge in [-0.25, -0.2) is 4.99 Å². The van der Waals surface area contributed by atoms with Crippen LogP contribution < -0.4 is 0 Å². The predicted octanol–water partition coefficient (Wildman–Crippen LogP) is 7.68. The Morgan fingerprint density at radius 3 is 2.36 bits per heavy atom. The normalized spacial score (nSPS) is 11.8. The Balaban J connectivity index is 1.43. The van der Waals surface area contributed by atoms with Gasteiger partial charge in [-0.3, -0.25) is 0 Å². The Hall–Kier alpha value is -4.09. The minimum Gasteiger partial charge on any atom is -0.430 e. The molecule has 3 aromatic carbocycles. The second kappa shape index (κ2) is 7.80. The Morgan fingerprint density at radius 2 is 1.58 bits per heavy atom. The molecular weight excluding hydrogens is 432 g/mol. The zero-order valence-electron chi connectivity index (χ0n) is 17.8. The maximum absolute atomic E-state index is 6.11. The summed E-state index contributed by atoms with van der Waals surface area (Å²) in [7, 11) is 0. The number of H-pyrrole nitrogens is 2. The molecule has 160 valence electrons. The second-order valence-electron chi connectivity index (χ2n) is 7.91. The topological polar surface area (TPSA) is 70.0 Å². The van der Waals surface area contributed by atoms with Gasteiger partial charge in [0, 0.05) is 49.9 Å². The molecule has 6 heteroatoms. The number of hydrogen-bond donors (Lipinski definition) is 2. The van der Waals surface area contributed by atoms with Crippen molar-refractivity contribution in [2.75, 3.05) is 0 Å². The van der Waals surface area contributed by atoms with Crippen LogP contribution in [-0.4, -0.2) is 21.2 Å². The fraction of sp³-hybridized carbons (Fsp3) is 0.0370. The van der Waals surface area contributed by atoms with Crippen molar-refractivity contribution in [2.45, 2.75) is 6.92 Å².